The lowest BCUT2D eigenvalue weighted by Gasteiger charge is -2.28. The maximum absolute atomic E-state index is 13.5. The number of anilines is 1. The number of nitrogens with one attached hydrogen (secondary N) is 1. The number of rotatable bonds is 5. The Bertz CT molecular complexity index is 980. The molecule has 6 nitrogen and oxygen atoms in total. The number of ether oxygens (including phenoxy) is 1. The van der Waals surface area contributed by atoms with Gasteiger partial charge in [-0.25, -0.2) is 0 Å². The van der Waals surface area contributed by atoms with Gasteiger partial charge in [0.15, 0.2) is 0 Å². The van der Waals surface area contributed by atoms with Crippen LogP contribution in [0.2, 0.25) is 0 Å². The Morgan fingerprint density at radius 3 is 2.47 bits per heavy atom. The molecule has 1 unspecified atom stereocenters. The molecule has 156 valence electrons. The van der Waals surface area contributed by atoms with E-state index in [1.807, 2.05) is 25.1 Å². The Morgan fingerprint density at radius 2 is 1.80 bits per heavy atom. The highest BCUT2D eigenvalue weighted by Crippen LogP contribution is 2.49. The molecule has 1 saturated heterocycles. The molecular formula is C24H26N2O4. The maximum Gasteiger partial charge on any atom is 0.252 e. The first-order chi connectivity index (χ1) is 14.4. The van der Waals surface area contributed by atoms with Gasteiger partial charge in [0.1, 0.15) is 11.8 Å². The number of carbonyl (C=O) groups excluding carboxylic acids is 3. The van der Waals surface area contributed by atoms with Gasteiger partial charge in [-0.05, 0) is 43.0 Å². The van der Waals surface area contributed by atoms with Gasteiger partial charge in [-0.15, -0.1) is 0 Å². The smallest absolute Gasteiger partial charge is 0.252 e. The number of likely N-dealkylation sites (tertiary alicyclic amines) is 1. The van der Waals surface area contributed by atoms with Gasteiger partial charge >= 0.3 is 0 Å². The number of nitrogens with zero attached hydrogens (tertiary/aromatic N) is 1. The predicted molar refractivity (Wildman–Crippen MR) is 113 cm³/mol. The summed E-state index contributed by atoms with van der Waals surface area (Å²) >= 11 is 0. The molecule has 0 bridgehead atoms. The summed E-state index contributed by atoms with van der Waals surface area (Å²) in [7, 11) is 1.53. The number of benzene rings is 2. The van der Waals surface area contributed by atoms with Crippen LogP contribution in [0, 0.1) is 12.3 Å². The summed E-state index contributed by atoms with van der Waals surface area (Å²) < 4.78 is 5.37. The Kier molecular flexibility index (Phi) is 5.33. The second kappa shape index (κ2) is 7.94. The fourth-order valence-electron chi connectivity index (χ4n) is 4.70. The van der Waals surface area contributed by atoms with Gasteiger partial charge in [-0.2, -0.15) is 0 Å². The van der Waals surface area contributed by atoms with Crippen molar-refractivity contribution in [2.45, 2.75) is 45.1 Å². The van der Waals surface area contributed by atoms with Crippen LogP contribution in [0.15, 0.2) is 48.5 Å². The third-order valence-electron chi connectivity index (χ3n) is 6.23. The zero-order chi connectivity index (χ0) is 21.3. The monoisotopic (exact) mass is 406 g/mol. The fourth-order valence-corrected chi connectivity index (χ4v) is 4.70. The zero-order valence-electron chi connectivity index (χ0n) is 17.3. The minimum atomic E-state index is -1.02. The zero-order valence-corrected chi connectivity index (χ0v) is 17.3. The lowest BCUT2D eigenvalue weighted by atomic mass is 9.84. The molecule has 1 spiro atoms. The van der Waals surface area contributed by atoms with E-state index in [0.717, 1.165) is 18.4 Å². The van der Waals surface area contributed by atoms with Gasteiger partial charge in [0, 0.05) is 6.42 Å². The van der Waals surface area contributed by atoms with Crippen LogP contribution in [0.5, 0.6) is 5.75 Å². The first-order valence-electron chi connectivity index (χ1n) is 10.3. The fraction of sp³-hybridized carbons (Fsp3) is 0.375. The number of imide groups is 1. The Labute approximate surface area is 176 Å². The highest BCUT2D eigenvalue weighted by molar-refractivity contribution is 6.11. The number of amides is 3. The minimum Gasteiger partial charge on any atom is -0.495 e. The summed E-state index contributed by atoms with van der Waals surface area (Å²) in [5, 5.41) is 2.89. The molecule has 1 atom stereocenters. The molecule has 2 aromatic carbocycles. The van der Waals surface area contributed by atoms with Crippen molar-refractivity contribution in [3.8, 4) is 5.75 Å². The van der Waals surface area contributed by atoms with Gasteiger partial charge < -0.3 is 10.1 Å². The van der Waals surface area contributed by atoms with E-state index in [-0.39, 0.29) is 18.2 Å². The quantitative estimate of drug-likeness (QED) is 0.762. The van der Waals surface area contributed by atoms with Crippen molar-refractivity contribution in [2.75, 3.05) is 12.4 Å². The number of carbonyl (C=O) groups is 3. The summed E-state index contributed by atoms with van der Waals surface area (Å²) in [6.45, 7) is 1.92. The van der Waals surface area contributed by atoms with Gasteiger partial charge in [-0.1, -0.05) is 49.2 Å². The normalized spacial score (nSPS) is 18.7. The molecule has 1 saturated carbocycles. The van der Waals surface area contributed by atoms with Gasteiger partial charge in [0.05, 0.1) is 18.2 Å². The van der Waals surface area contributed by atoms with Crippen LogP contribution in [0.3, 0.4) is 0 Å². The van der Waals surface area contributed by atoms with Gasteiger partial charge in [0.25, 0.3) is 5.91 Å². The van der Waals surface area contributed by atoms with E-state index >= 15 is 0 Å². The van der Waals surface area contributed by atoms with Crippen molar-refractivity contribution >= 4 is 23.4 Å². The van der Waals surface area contributed by atoms with Crippen molar-refractivity contribution in [2.24, 2.45) is 5.41 Å². The van der Waals surface area contributed by atoms with E-state index in [4.69, 9.17) is 4.74 Å². The molecule has 0 radical (unpaired) electrons. The second-order valence-corrected chi connectivity index (χ2v) is 8.24. The average Bonchev–Trinajstić information content (AvgIpc) is 3.30. The Hall–Kier alpha value is -3.15. The standard InChI is InChI=1S/C24H26N2O4/c1-16-10-11-19(30-2)18(14-16)25-22(28)21(17-8-4-3-5-9-17)26-20(27)15-24(23(26)29)12-6-7-13-24/h3-5,8-11,14,21H,6-7,12-13,15H2,1-2H3,(H,25,28). The Balaban J connectivity index is 1.71. The van der Waals surface area contributed by atoms with Crippen LogP contribution < -0.4 is 10.1 Å². The molecule has 1 N–H and O–H groups in total. The summed E-state index contributed by atoms with van der Waals surface area (Å²) in [5.41, 5.74) is 1.45. The lowest BCUT2D eigenvalue weighted by molar-refractivity contribution is -0.148. The number of hydrogen-bond acceptors (Lipinski definition) is 4. The molecule has 1 heterocycles. The van der Waals surface area contributed by atoms with E-state index in [1.54, 1.807) is 30.3 Å². The van der Waals surface area contributed by atoms with Crippen LogP contribution >= 0.6 is 0 Å². The average molecular weight is 406 g/mol. The van der Waals surface area contributed by atoms with Crippen LogP contribution in [0.25, 0.3) is 0 Å². The van der Waals surface area contributed by atoms with Crippen LogP contribution in [-0.2, 0) is 14.4 Å². The minimum absolute atomic E-state index is 0.191. The summed E-state index contributed by atoms with van der Waals surface area (Å²) in [5.74, 6) is -0.402. The van der Waals surface area contributed by atoms with Crippen LogP contribution in [0.4, 0.5) is 5.69 Å². The molecule has 2 aliphatic rings. The molecular weight excluding hydrogens is 380 g/mol. The van der Waals surface area contributed by atoms with Crippen molar-refractivity contribution < 1.29 is 19.1 Å². The van der Waals surface area contributed by atoms with E-state index in [0.29, 0.717) is 29.8 Å². The third kappa shape index (κ3) is 3.47. The molecule has 2 fully saturated rings. The first-order valence-corrected chi connectivity index (χ1v) is 10.3. The van der Waals surface area contributed by atoms with Gasteiger partial charge in [-0.3, -0.25) is 19.3 Å². The summed E-state index contributed by atoms with van der Waals surface area (Å²) in [6.07, 6.45) is 3.49. The van der Waals surface area contributed by atoms with Crippen LogP contribution in [-0.4, -0.2) is 29.7 Å². The van der Waals surface area contributed by atoms with Crippen molar-refractivity contribution in [3.05, 3.63) is 59.7 Å². The molecule has 1 aliphatic heterocycles. The maximum atomic E-state index is 13.5. The summed E-state index contributed by atoms with van der Waals surface area (Å²) in [4.78, 5) is 41.0. The molecule has 6 heteroatoms. The SMILES string of the molecule is COc1ccc(C)cc1NC(=O)C(c1ccccc1)N1C(=O)CC2(CCCC2)C1=O. The number of methoxy groups -OCH3 is 1. The number of aryl methyl sites for hydroxylation is 1. The molecule has 2 aromatic rings. The van der Waals surface area contributed by atoms with E-state index in [9.17, 15) is 14.4 Å². The lowest BCUT2D eigenvalue weighted by Crippen LogP contribution is -2.42. The highest BCUT2D eigenvalue weighted by Gasteiger charge is 2.55. The van der Waals surface area contributed by atoms with Gasteiger partial charge in [0.2, 0.25) is 11.8 Å². The van der Waals surface area contributed by atoms with E-state index < -0.39 is 17.4 Å². The van der Waals surface area contributed by atoms with Crippen molar-refractivity contribution in [1.82, 2.24) is 4.90 Å². The molecule has 4 rings (SSSR count). The number of hydrogen-bond donors (Lipinski definition) is 1. The Morgan fingerprint density at radius 1 is 1.10 bits per heavy atom. The second-order valence-electron chi connectivity index (χ2n) is 8.24. The van der Waals surface area contributed by atoms with Crippen LogP contribution in [0.1, 0.15) is 49.3 Å². The van der Waals surface area contributed by atoms with E-state index in [2.05, 4.69) is 5.32 Å². The molecule has 30 heavy (non-hydrogen) atoms. The predicted octanol–water partition coefficient (Wildman–Crippen LogP) is 4.00. The first kappa shape index (κ1) is 20.1. The third-order valence-corrected chi connectivity index (χ3v) is 6.23. The topological polar surface area (TPSA) is 75.7 Å². The highest BCUT2D eigenvalue weighted by atomic mass is 16.5. The van der Waals surface area contributed by atoms with Crippen molar-refractivity contribution in [1.29, 1.82) is 0 Å². The molecule has 3 amide bonds. The van der Waals surface area contributed by atoms with E-state index in [1.165, 1.54) is 12.0 Å². The van der Waals surface area contributed by atoms with Crippen molar-refractivity contribution in [3.63, 3.8) is 0 Å². The largest absolute Gasteiger partial charge is 0.495 e. The summed E-state index contributed by atoms with van der Waals surface area (Å²) in [6, 6.07) is 13.5. The molecule has 0 aromatic heterocycles. The molecule has 1 aliphatic carbocycles.